The topological polar surface area (TPSA) is 58.6 Å². The van der Waals surface area contributed by atoms with Gasteiger partial charge in [-0.25, -0.2) is 0 Å². The summed E-state index contributed by atoms with van der Waals surface area (Å²) < 4.78 is 5.53. The van der Waals surface area contributed by atoms with Crippen molar-refractivity contribution in [3.8, 4) is 5.75 Å². The van der Waals surface area contributed by atoms with Crippen molar-refractivity contribution in [3.05, 3.63) is 29.8 Å². The van der Waals surface area contributed by atoms with Gasteiger partial charge in [0.15, 0.2) is 0 Å². The molecule has 1 rings (SSSR count). The molecule has 100 valence electrons. The van der Waals surface area contributed by atoms with Crippen molar-refractivity contribution in [1.29, 1.82) is 0 Å². The zero-order valence-electron chi connectivity index (χ0n) is 11.1. The van der Waals surface area contributed by atoms with Crippen LogP contribution >= 0.6 is 0 Å². The lowest BCUT2D eigenvalue weighted by Gasteiger charge is -2.11. The van der Waals surface area contributed by atoms with Crippen LogP contribution in [0.15, 0.2) is 24.3 Å². The molecule has 1 aromatic rings. The molecule has 0 aliphatic carbocycles. The van der Waals surface area contributed by atoms with E-state index >= 15 is 0 Å². The van der Waals surface area contributed by atoms with Crippen LogP contribution in [0.5, 0.6) is 5.75 Å². The van der Waals surface area contributed by atoms with Gasteiger partial charge < -0.3 is 15.2 Å². The Bertz CT molecular complexity index is 388. The minimum absolute atomic E-state index is 0.0820. The van der Waals surface area contributed by atoms with Crippen molar-refractivity contribution < 1.29 is 14.6 Å². The van der Waals surface area contributed by atoms with Crippen molar-refractivity contribution in [2.75, 3.05) is 6.54 Å². The molecule has 1 unspecified atom stereocenters. The number of aliphatic hydroxyl groups is 1. The first-order chi connectivity index (χ1) is 8.49. The van der Waals surface area contributed by atoms with Gasteiger partial charge in [0.2, 0.25) is 0 Å². The second-order valence-corrected chi connectivity index (χ2v) is 4.59. The third kappa shape index (κ3) is 5.19. The molecule has 0 heterocycles. The predicted molar refractivity (Wildman–Crippen MR) is 70.8 cm³/mol. The average Bonchev–Trinajstić information content (AvgIpc) is 2.27. The molecule has 18 heavy (non-hydrogen) atoms. The fourth-order valence-corrected chi connectivity index (χ4v) is 1.48. The highest BCUT2D eigenvalue weighted by Crippen LogP contribution is 2.14. The molecule has 0 spiro atoms. The highest BCUT2D eigenvalue weighted by Gasteiger charge is 2.07. The molecule has 0 bridgehead atoms. The molecule has 0 aliphatic rings. The molecule has 0 saturated heterocycles. The second kappa shape index (κ2) is 7.01. The number of carbonyl (C=O) groups is 1. The lowest BCUT2D eigenvalue weighted by atomic mass is 10.2. The molecule has 1 atom stereocenters. The van der Waals surface area contributed by atoms with E-state index in [4.69, 9.17) is 9.84 Å². The summed E-state index contributed by atoms with van der Waals surface area (Å²) in [5.74, 6) is 0.540. The first kappa shape index (κ1) is 14.5. The summed E-state index contributed by atoms with van der Waals surface area (Å²) in [5, 5.41) is 11.9. The largest absolute Gasteiger partial charge is 0.491 e. The van der Waals surface area contributed by atoms with Gasteiger partial charge in [0.05, 0.1) is 12.2 Å². The van der Waals surface area contributed by atoms with Crippen LogP contribution in [0.4, 0.5) is 0 Å². The summed E-state index contributed by atoms with van der Waals surface area (Å²) in [5.41, 5.74) is 0.568. The van der Waals surface area contributed by atoms with Crippen LogP contribution in [0.2, 0.25) is 0 Å². The first-order valence-corrected chi connectivity index (χ1v) is 6.22. The van der Waals surface area contributed by atoms with E-state index in [0.717, 1.165) is 0 Å². The molecule has 4 nitrogen and oxygen atoms in total. The molecule has 4 heteroatoms. The van der Waals surface area contributed by atoms with Gasteiger partial charge in [0, 0.05) is 12.1 Å². The molecule has 0 radical (unpaired) electrons. The molecule has 1 aromatic carbocycles. The Morgan fingerprint density at radius 2 is 2.11 bits per heavy atom. The fourth-order valence-electron chi connectivity index (χ4n) is 1.48. The minimum atomic E-state index is -0.402. The fraction of sp³-hybridized carbons (Fsp3) is 0.500. The molecule has 0 saturated carbocycles. The van der Waals surface area contributed by atoms with E-state index in [-0.39, 0.29) is 12.0 Å². The molecular formula is C14H21NO3. The third-order valence-corrected chi connectivity index (χ3v) is 2.32. The Labute approximate surface area is 108 Å². The smallest absolute Gasteiger partial charge is 0.251 e. The maximum absolute atomic E-state index is 11.8. The van der Waals surface area contributed by atoms with Gasteiger partial charge in [-0.1, -0.05) is 6.07 Å². The Morgan fingerprint density at radius 3 is 2.72 bits per heavy atom. The Balaban J connectivity index is 2.57. The summed E-state index contributed by atoms with van der Waals surface area (Å²) in [4.78, 5) is 11.8. The van der Waals surface area contributed by atoms with E-state index in [1.54, 1.807) is 25.1 Å². The lowest BCUT2D eigenvalue weighted by Crippen LogP contribution is -2.26. The van der Waals surface area contributed by atoms with E-state index in [2.05, 4.69) is 5.32 Å². The maximum Gasteiger partial charge on any atom is 0.251 e. The lowest BCUT2D eigenvalue weighted by molar-refractivity contribution is 0.0945. The SMILES string of the molecule is CC(O)CCNC(=O)c1cccc(OC(C)C)c1. The Kier molecular flexibility index (Phi) is 5.65. The highest BCUT2D eigenvalue weighted by molar-refractivity contribution is 5.94. The third-order valence-electron chi connectivity index (χ3n) is 2.32. The molecule has 0 fully saturated rings. The van der Waals surface area contributed by atoms with Crippen LogP contribution in [0.25, 0.3) is 0 Å². The van der Waals surface area contributed by atoms with Gasteiger partial charge >= 0.3 is 0 Å². The highest BCUT2D eigenvalue weighted by atomic mass is 16.5. The van der Waals surface area contributed by atoms with E-state index in [0.29, 0.717) is 24.3 Å². The van der Waals surface area contributed by atoms with Gasteiger partial charge in [-0.05, 0) is 45.4 Å². The number of ether oxygens (including phenoxy) is 1. The van der Waals surface area contributed by atoms with Crippen molar-refractivity contribution >= 4 is 5.91 Å². The maximum atomic E-state index is 11.8. The normalized spacial score (nSPS) is 12.3. The van der Waals surface area contributed by atoms with E-state index < -0.39 is 6.10 Å². The Morgan fingerprint density at radius 1 is 1.39 bits per heavy atom. The summed E-state index contributed by atoms with van der Waals surface area (Å²) >= 11 is 0. The number of amides is 1. The molecule has 2 N–H and O–H groups in total. The van der Waals surface area contributed by atoms with Gasteiger partial charge in [0.1, 0.15) is 5.75 Å². The van der Waals surface area contributed by atoms with Gasteiger partial charge in [-0.2, -0.15) is 0 Å². The zero-order valence-corrected chi connectivity index (χ0v) is 11.1. The number of hydrogen-bond donors (Lipinski definition) is 2. The van der Waals surface area contributed by atoms with Crippen LogP contribution in [0.1, 0.15) is 37.6 Å². The monoisotopic (exact) mass is 251 g/mol. The van der Waals surface area contributed by atoms with Crippen LogP contribution in [0, 0.1) is 0 Å². The Hall–Kier alpha value is -1.55. The zero-order chi connectivity index (χ0) is 13.5. The van der Waals surface area contributed by atoms with E-state index in [9.17, 15) is 4.79 Å². The quantitative estimate of drug-likeness (QED) is 0.812. The van der Waals surface area contributed by atoms with Crippen molar-refractivity contribution in [3.63, 3.8) is 0 Å². The molecule has 0 aromatic heterocycles. The molecule has 1 amide bonds. The summed E-state index contributed by atoms with van der Waals surface area (Å²) in [6, 6.07) is 7.08. The van der Waals surface area contributed by atoms with Crippen molar-refractivity contribution in [2.45, 2.75) is 39.4 Å². The van der Waals surface area contributed by atoms with Crippen LogP contribution < -0.4 is 10.1 Å². The first-order valence-electron chi connectivity index (χ1n) is 6.22. The number of carbonyl (C=O) groups excluding carboxylic acids is 1. The number of nitrogens with one attached hydrogen (secondary N) is 1. The number of hydrogen-bond acceptors (Lipinski definition) is 3. The van der Waals surface area contributed by atoms with Crippen LogP contribution in [-0.4, -0.2) is 29.8 Å². The average molecular weight is 251 g/mol. The molecule has 0 aliphatic heterocycles. The van der Waals surface area contributed by atoms with Crippen LogP contribution in [-0.2, 0) is 0 Å². The summed E-state index contributed by atoms with van der Waals surface area (Å²) in [6.07, 6.45) is 0.230. The van der Waals surface area contributed by atoms with E-state index in [1.807, 2.05) is 19.9 Å². The number of aliphatic hydroxyl groups excluding tert-OH is 1. The number of rotatable bonds is 6. The molecular weight excluding hydrogens is 230 g/mol. The van der Waals surface area contributed by atoms with Crippen molar-refractivity contribution in [2.24, 2.45) is 0 Å². The second-order valence-electron chi connectivity index (χ2n) is 4.59. The number of benzene rings is 1. The van der Waals surface area contributed by atoms with Gasteiger partial charge in [-0.3, -0.25) is 4.79 Å². The van der Waals surface area contributed by atoms with Crippen molar-refractivity contribution in [1.82, 2.24) is 5.32 Å². The van der Waals surface area contributed by atoms with E-state index in [1.165, 1.54) is 0 Å². The van der Waals surface area contributed by atoms with Gasteiger partial charge in [-0.15, -0.1) is 0 Å². The van der Waals surface area contributed by atoms with Crippen LogP contribution in [0.3, 0.4) is 0 Å². The van der Waals surface area contributed by atoms with Gasteiger partial charge in [0.25, 0.3) is 5.91 Å². The standard InChI is InChI=1S/C14H21NO3/c1-10(2)18-13-6-4-5-12(9-13)14(17)15-8-7-11(3)16/h4-6,9-11,16H,7-8H2,1-3H3,(H,15,17). The predicted octanol–water partition coefficient (Wildman–Crippen LogP) is 1.97. The minimum Gasteiger partial charge on any atom is -0.491 e. The summed E-state index contributed by atoms with van der Waals surface area (Å²) in [7, 11) is 0. The summed E-state index contributed by atoms with van der Waals surface area (Å²) in [6.45, 7) is 6.04.